The van der Waals surface area contributed by atoms with Gasteiger partial charge >= 0.3 is 0 Å². The molecule has 2 aliphatic heterocycles. The Kier molecular flexibility index (Phi) is 7.66. The number of likely N-dealkylation sites (tertiary alicyclic amines) is 1. The van der Waals surface area contributed by atoms with Crippen molar-refractivity contribution in [2.24, 2.45) is 5.92 Å². The minimum absolute atomic E-state index is 0.0673. The monoisotopic (exact) mass is 437 g/mol. The Balaban J connectivity index is 1.23. The van der Waals surface area contributed by atoms with E-state index in [4.69, 9.17) is 9.47 Å². The molecule has 2 aromatic carbocycles. The van der Waals surface area contributed by atoms with E-state index < -0.39 is 0 Å². The lowest BCUT2D eigenvalue weighted by atomic mass is 9.89. The van der Waals surface area contributed by atoms with Gasteiger partial charge in [-0.3, -0.25) is 9.69 Å². The molecule has 1 unspecified atom stereocenters. The Morgan fingerprint density at radius 1 is 1.03 bits per heavy atom. The van der Waals surface area contributed by atoms with Crippen LogP contribution in [0.15, 0.2) is 48.5 Å². The number of nitrogens with zero attached hydrogens (tertiary/aromatic N) is 2. The summed E-state index contributed by atoms with van der Waals surface area (Å²) in [6, 6.07) is 16.4. The Morgan fingerprint density at radius 2 is 1.69 bits per heavy atom. The van der Waals surface area contributed by atoms with Crippen LogP contribution in [0.2, 0.25) is 0 Å². The lowest BCUT2D eigenvalue weighted by Crippen LogP contribution is -2.46. The van der Waals surface area contributed by atoms with Crippen LogP contribution in [-0.4, -0.2) is 63.4 Å². The van der Waals surface area contributed by atoms with Crippen molar-refractivity contribution < 1.29 is 14.3 Å². The summed E-state index contributed by atoms with van der Waals surface area (Å²) in [5.41, 5.74) is 3.39. The zero-order chi connectivity index (χ0) is 22.3. The standard InChI is InChI=1S/C26H35N3O3/c1-20(26(30)27-23-5-7-24(8-6-23)29-15-17-32-18-16-29)28-13-11-22(12-14-28)19-21-3-9-25(31-2)10-4-21/h3-10,20,22H,11-19H2,1-2H3,(H,27,30). The van der Waals surface area contributed by atoms with Gasteiger partial charge in [0.15, 0.2) is 0 Å². The van der Waals surface area contributed by atoms with Crippen molar-refractivity contribution in [3.05, 3.63) is 54.1 Å². The first kappa shape index (κ1) is 22.6. The maximum Gasteiger partial charge on any atom is 0.241 e. The number of methoxy groups -OCH3 is 1. The van der Waals surface area contributed by atoms with Crippen LogP contribution >= 0.6 is 0 Å². The topological polar surface area (TPSA) is 54.0 Å². The first-order valence-electron chi connectivity index (χ1n) is 11.7. The molecule has 32 heavy (non-hydrogen) atoms. The van der Waals surface area contributed by atoms with Crippen molar-refractivity contribution in [3.63, 3.8) is 0 Å². The van der Waals surface area contributed by atoms with E-state index in [2.05, 4.69) is 39.4 Å². The number of hydrogen-bond acceptors (Lipinski definition) is 5. The number of carbonyl (C=O) groups excluding carboxylic acids is 1. The summed E-state index contributed by atoms with van der Waals surface area (Å²) in [4.78, 5) is 17.5. The van der Waals surface area contributed by atoms with Crippen molar-refractivity contribution in [3.8, 4) is 5.75 Å². The largest absolute Gasteiger partial charge is 0.497 e. The van der Waals surface area contributed by atoms with Gasteiger partial charge < -0.3 is 19.7 Å². The second-order valence-corrected chi connectivity index (χ2v) is 8.84. The minimum atomic E-state index is -0.129. The average molecular weight is 438 g/mol. The van der Waals surface area contributed by atoms with Gasteiger partial charge in [0.25, 0.3) is 0 Å². The molecule has 6 nitrogen and oxygen atoms in total. The highest BCUT2D eigenvalue weighted by Gasteiger charge is 2.26. The third-order valence-electron chi connectivity index (χ3n) is 6.77. The van der Waals surface area contributed by atoms with Crippen LogP contribution in [0.4, 0.5) is 11.4 Å². The van der Waals surface area contributed by atoms with E-state index in [1.54, 1.807) is 7.11 Å². The molecule has 2 fully saturated rings. The summed E-state index contributed by atoms with van der Waals surface area (Å²) in [5.74, 6) is 1.64. The molecule has 2 saturated heterocycles. The van der Waals surface area contributed by atoms with Crippen molar-refractivity contribution in [1.29, 1.82) is 0 Å². The van der Waals surface area contributed by atoms with Gasteiger partial charge in [0.2, 0.25) is 5.91 Å². The predicted molar refractivity (Wildman–Crippen MR) is 129 cm³/mol. The number of nitrogens with one attached hydrogen (secondary N) is 1. The van der Waals surface area contributed by atoms with Crippen LogP contribution in [0.3, 0.4) is 0 Å². The summed E-state index contributed by atoms with van der Waals surface area (Å²) in [6.45, 7) is 7.31. The van der Waals surface area contributed by atoms with Crippen molar-refractivity contribution in [2.75, 3.05) is 56.7 Å². The zero-order valence-electron chi connectivity index (χ0n) is 19.3. The van der Waals surface area contributed by atoms with Crippen molar-refractivity contribution in [2.45, 2.75) is 32.2 Å². The highest BCUT2D eigenvalue weighted by molar-refractivity contribution is 5.94. The molecule has 6 heteroatoms. The molecule has 2 aliphatic rings. The van der Waals surface area contributed by atoms with E-state index in [0.29, 0.717) is 5.92 Å². The van der Waals surface area contributed by atoms with Gasteiger partial charge in [-0.2, -0.15) is 0 Å². The van der Waals surface area contributed by atoms with Gasteiger partial charge in [0, 0.05) is 24.5 Å². The molecule has 1 N–H and O–H groups in total. The molecule has 172 valence electrons. The van der Waals surface area contributed by atoms with E-state index >= 15 is 0 Å². The van der Waals surface area contributed by atoms with E-state index in [0.717, 1.165) is 70.1 Å². The smallest absolute Gasteiger partial charge is 0.241 e. The minimum Gasteiger partial charge on any atom is -0.497 e. The molecule has 1 atom stereocenters. The lowest BCUT2D eigenvalue weighted by molar-refractivity contribution is -0.121. The van der Waals surface area contributed by atoms with Gasteiger partial charge in [0.05, 0.1) is 26.4 Å². The van der Waals surface area contributed by atoms with Gasteiger partial charge in [-0.05, 0) is 87.2 Å². The van der Waals surface area contributed by atoms with Gasteiger partial charge in [-0.15, -0.1) is 0 Å². The number of piperidine rings is 1. The Bertz CT molecular complexity index is 855. The predicted octanol–water partition coefficient (Wildman–Crippen LogP) is 3.81. The number of hydrogen-bond donors (Lipinski definition) is 1. The van der Waals surface area contributed by atoms with E-state index in [1.165, 1.54) is 11.3 Å². The third kappa shape index (κ3) is 5.81. The second kappa shape index (κ2) is 10.8. The van der Waals surface area contributed by atoms with Crippen LogP contribution < -0.4 is 15.0 Å². The van der Waals surface area contributed by atoms with Gasteiger partial charge in [0.1, 0.15) is 5.75 Å². The second-order valence-electron chi connectivity index (χ2n) is 8.84. The van der Waals surface area contributed by atoms with Crippen molar-refractivity contribution >= 4 is 17.3 Å². The first-order chi connectivity index (χ1) is 15.6. The lowest BCUT2D eigenvalue weighted by Gasteiger charge is -2.35. The molecule has 0 spiro atoms. The maximum atomic E-state index is 12.8. The molecular formula is C26H35N3O3. The van der Waals surface area contributed by atoms with Gasteiger partial charge in [-0.1, -0.05) is 12.1 Å². The normalized spacial score (nSPS) is 18.9. The Hall–Kier alpha value is -2.57. The SMILES string of the molecule is COc1ccc(CC2CCN(C(C)C(=O)Nc3ccc(N4CCOCC4)cc3)CC2)cc1. The van der Waals surface area contributed by atoms with E-state index in [-0.39, 0.29) is 11.9 Å². The van der Waals surface area contributed by atoms with Crippen LogP contribution in [-0.2, 0) is 16.0 Å². The number of rotatable bonds is 7. The fourth-order valence-corrected chi connectivity index (χ4v) is 4.63. The molecule has 4 rings (SSSR count). The van der Waals surface area contributed by atoms with E-state index in [1.807, 2.05) is 31.2 Å². The highest BCUT2D eigenvalue weighted by atomic mass is 16.5. The molecule has 0 bridgehead atoms. The molecular weight excluding hydrogens is 402 g/mol. The average Bonchev–Trinajstić information content (AvgIpc) is 2.85. The number of ether oxygens (including phenoxy) is 2. The van der Waals surface area contributed by atoms with Crippen LogP contribution in [0.25, 0.3) is 0 Å². The highest BCUT2D eigenvalue weighted by Crippen LogP contribution is 2.25. The van der Waals surface area contributed by atoms with Crippen molar-refractivity contribution in [1.82, 2.24) is 4.90 Å². The van der Waals surface area contributed by atoms with Crippen LogP contribution in [0.1, 0.15) is 25.3 Å². The first-order valence-corrected chi connectivity index (χ1v) is 11.7. The fraction of sp³-hybridized carbons (Fsp3) is 0.500. The Labute approximate surface area is 191 Å². The zero-order valence-corrected chi connectivity index (χ0v) is 19.3. The van der Waals surface area contributed by atoms with Crippen LogP contribution in [0, 0.1) is 5.92 Å². The van der Waals surface area contributed by atoms with Gasteiger partial charge in [-0.25, -0.2) is 0 Å². The molecule has 0 radical (unpaired) electrons. The number of benzene rings is 2. The molecule has 0 aliphatic carbocycles. The maximum absolute atomic E-state index is 12.8. The quantitative estimate of drug-likeness (QED) is 0.714. The fourth-order valence-electron chi connectivity index (χ4n) is 4.63. The molecule has 2 aromatic rings. The number of anilines is 2. The number of amides is 1. The summed E-state index contributed by atoms with van der Waals surface area (Å²) in [7, 11) is 1.70. The molecule has 2 heterocycles. The number of carbonyl (C=O) groups is 1. The third-order valence-corrected chi connectivity index (χ3v) is 6.77. The van der Waals surface area contributed by atoms with E-state index in [9.17, 15) is 4.79 Å². The molecule has 0 saturated carbocycles. The summed E-state index contributed by atoms with van der Waals surface area (Å²) >= 11 is 0. The Morgan fingerprint density at radius 3 is 2.31 bits per heavy atom. The summed E-state index contributed by atoms with van der Waals surface area (Å²) < 4.78 is 10.7. The molecule has 0 aromatic heterocycles. The van der Waals surface area contributed by atoms with Crippen LogP contribution in [0.5, 0.6) is 5.75 Å². The molecule has 1 amide bonds. The summed E-state index contributed by atoms with van der Waals surface area (Å²) in [5, 5.41) is 3.10. The number of morpholine rings is 1. The summed E-state index contributed by atoms with van der Waals surface area (Å²) in [6.07, 6.45) is 3.34.